The Balaban J connectivity index is 1.56. The molecule has 1 aliphatic heterocycles. The van der Waals surface area contributed by atoms with Crippen molar-refractivity contribution in [3.05, 3.63) is 102 Å². The number of benzene rings is 3. The first-order valence-corrected chi connectivity index (χ1v) is 11.4. The summed E-state index contributed by atoms with van der Waals surface area (Å²) >= 11 is 0. The van der Waals surface area contributed by atoms with E-state index in [9.17, 15) is 9.59 Å². The van der Waals surface area contributed by atoms with Gasteiger partial charge in [-0.05, 0) is 30.7 Å². The number of nitrogens with zero attached hydrogens (tertiary/aromatic N) is 3. The van der Waals surface area contributed by atoms with E-state index >= 15 is 0 Å². The molecule has 1 atom stereocenters. The number of anilines is 1. The van der Waals surface area contributed by atoms with Gasteiger partial charge in [-0.25, -0.2) is 0 Å². The SMILES string of the molecule is COc1cccc(N2C(=O)c3cc(-c4ccccc4)nn3C[C@@]2(C)C(=O)NCc2ccccc2)c1. The Bertz CT molecular complexity index is 1370. The molecule has 2 heterocycles. The molecule has 1 aromatic heterocycles. The number of amides is 2. The number of rotatable bonds is 6. The number of fused-ring (bicyclic) bond motifs is 1. The van der Waals surface area contributed by atoms with Gasteiger partial charge in [-0.2, -0.15) is 5.10 Å². The molecule has 3 aromatic carbocycles. The molecule has 0 unspecified atom stereocenters. The number of methoxy groups -OCH3 is 1. The van der Waals surface area contributed by atoms with Gasteiger partial charge in [-0.3, -0.25) is 19.2 Å². The predicted octanol–water partition coefficient (Wildman–Crippen LogP) is 4.29. The topological polar surface area (TPSA) is 76.5 Å². The van der Waals surface area contributed by atoms with Gasteiger partial charge >= 0.3 is 0 Å². The molecule has 0 radical (unpaired) electrons. The molecule has 1 N–H and O–H groups in total. The summed E-state index contributed by atoms with van der Waals surface area (Å²) in [6.07, 6.45) is 0. The van der Waals surface area contributed by atoms with Crippen molar-refractivity contribution in [3.8, 4) is 17.0 Å². The lowest BCUT2D eigenvalue weighted by molar-refractivity contribution is -0.126. The minimum Gasteiger partial charge on any atom is -0.497 e. The largest absolute Gasteiger partial charge is 0.497 e. The van der Waals surface area contributed by atoms with Gasteiger partial charge in [0.1, 0.15) is 17.0 Å². The zero-order chi connectivity index (χ0) is 24.4. The van der Waals surface area contributed by atoms with Gasteiger partial charge in [-0.1, -0.05) is 66.7 Å². The lowest BCUT2D eigenvalue weighted by Crippen LogP contribution is -2.64. The molecular weight excluding hydrogens is 440 g/mol. The summed E-state index contributed by atoms with van der Waals surface area (Å²) in [4.78, 5) is 29.1. The molecule has 0 fully saturated rings. The fourth-order valence-electron chi connectivity index (χ4n) is 4.45. The van der Waals surface area contributed by atoms with Crippen molar-refractivity contribution in [2.45, 2.75) is 25.6 Å². The summed E-state index contributed by atoms with van der Waals surface area (Å²) in [7, 11) is 1.57. The Kier molecular flexibility index (Phi) is 5.82. The Morgan fingerprint density at radius 3 is 2.43 bits per heavy atom. The van der Waals surface area contributed by atoms with Crippen molar-refractivity contribution in [2.24, 2.45) is 0 Å². The van der Waals surface area contributed by atoms with E-state index in [0.717, 1.165) is 11.1 Å². The third-order valence-electron chi connectivity index (χ3n) is 6.32. The van der Waals surface area contributed by atoms with Crippen LogP contribution < -0.4 is 15.0 Å². The van der Waals surface area contributed by atoms with Crippen LogP contribution in [0.5, 0.6) is 5.75 Å². The number of carbonyl (C=O) groups excluding carboxylic acids is 2. The summed E-state index contributed by atoms with van der Waals surface area (Å²) in [6, 6.07) is 28.4. The van der Waals surface area contributed by atoms with Crippen molar-refractivity contribution in [1.82, 2.24) is 15.1 Å². The van der Waals surface area contributed by atoms with Gasteiger partial charge in [-0.15, -0.1) is 0 Å². The standard InChI is InChI=1S/C28H26N4O3/c1-28(27(34)29-18-20-10-5-3-6-11-20)19-31-25(17-24(30-31)21-12-7-4-8-13-21)26(33)32(28)22-14-9-15-23(16-22)35-2/h3-17H,18-19H2,1-2H3,(H,29,34)/t28-/m0/s1. The zero-order valence-electron chi connectivity index (χ0n) is 19.6. The average Bonchev–Trinajstić information content (AvgIpc) is 3.32. The van der Waals surface area contributed by atoms with E-state index in [1.165, 1.54) is 0 Å². The molecule has 0 saturated heterocycles. The fraction of sp³-hybridized carbons (Fsp3) is 0.179. The van der Waals surface area contributed by atoms with Crippen molar-refractivity contribution in [1.29, 1.82) is 0 Å². The molecule has 1 aliphatic rings. The molecule has 7 nitrogen and oxygen atoms in total. The van der Waals surface area contributed by atoms with E-state index in [4.69, 9.17) is 9.84 Å². The van der Waals surface area contributed by atoms with Crippen LogP contribution in [0.3, 0.4) is 0 Å². The number of hydrogen-bond donors (Lipinski definition) is 1. The van der Waals surface area contributed by atoms with E-state index in [-0.39, 0.29) is 18.4 Å². The smallest absolute Gasteiger partial charge is 0.277 e. The second kappa shape index (κ2) is 9.10. The summed E-state index contributed by atoms with van der Waals surface area (Å²) in [5, 5.41) is 7.72. The van der Waals surface area contributed by atoms with Gasteiger partial charge < -0.3 is 10.1 Å². The normalized spacial score (nSPS) is 17.1. The second-order valence-electron chi connectivity index (χ2n) is 8.72. The van der Waals surface area contributed by atoms with E-state index < -0.39 is 5.54 Å². The van der Waals surface area contributed by atoms with E-state index in [0.29, 0.717) is 29.4 Å². The van der Waals surface area contributed by atoms with Crippen LogP contribution in [0.4, 0.5) is 5.69 Å². The third-order valence-corrected chi connectivity index (χ3v) is 6.32. The summed E-state index contributed by atoms with van der Waals surface area (Å²) in [5.41, 5.74) is 2.37. The first-order chi connectivity index (χ1) is 17.0. The molecule has 35 heavy (non-hydrogen) atoms. The first kappa shape index (κ1) is 22.4. The van der Waals surface area contributed by atoms with Crippen molar-refractivity contribution >= 4 is 17.5 Å². The molecular formula is C28H26N4O3. The van der Waals surface area contributed by atoms with E-state index in [1.54, 1.807) is 35.7 Å². The highest BCUT2D eigenvalue weighted by molar-refractivity contribution is 6.12. The van der Waals surface area contributed by atoms with Gasteiger partial charge in [0.25, 0.3) is 5.91 Å². The maximum Gasteiger partial charge on any atom is 0.277 e. The fourth-order valence-corrected chi connectivity index (χ4v) is 4.45. The Morgan fingerprint density at radius 1 is 1.00 bits per heavy atom. The highest BCUT2D eigenvalue weighted by atomic mass is 16.5. The van der Waals surface area contributed by atoms with Gasteiger partial charge in [0.05, 0.1) is 19.3 Å². The molecule has 7 heteroatoms. The van der Waals surface area contributed by atoms with Crippen LogP contribution in [-0.4, -0.2) is 34.2 Å². The number of carbonyl (C=O) groups is 2. The maximum absolute atomic E-state index is 13.9. The van der Waals surface area contributed by atoms with Crippen LogP contribution >= 0.6 is 0 Å². The lowest BCUT2D eigenvalue weighted by atomic mass is 9.93. The van der Waals surface area contributed by atoms with Crippen LogP contribution in [0.15, 0.2) is 91.0 Å². The maximum atomic E-state index is 13.9. The Hall–Kier alpha value is -4.39. The third kappa shape index (κ3) is 4.17. The highest BCUT2D eigenvalue weighted by Gasteiger charge is 2.49. The van der Waals surface area contributed by atoms with Crippen LogP contribution in [0, 0.1) is 0 Å². The average molecular weight is 467 g/mol. The summed E-state index contributed by atoms with van der Waals surface area (Å²) in [5.74, 6) is 0.0443. The molecule has 5 rings (SSSR count). The molecule has 0 saturated carbocycles. The first-order valence-electron chi connectivity index (χ1n) is 11.4. The van der Waals surface area contributed by atoms with Gasteiger partial charge in [0, 0.05) is 23.9 Å². The summed E-state index contributed by atoms with van der Waals surface area (Å²) in [6.45, 7) is 2.34. The molecule has 176 valence electrons. The molecule has 4 aromatic rings. The van der Waals surface area contributed by atoms with Crippen molar-refractivity contribution in [3.63, 3.8) is 0 Å². The Labute approximate surface area is 204 Å². The van der Waals surface area contributed by atoms with Crippen LogP contribution in [0.1, 0.15) is 23.0 Å². The zero-order valence-corrected chi connectivity index (χ0v) is 19.6. The van der Waals surface area contributed by atoms with Gasteiger partial charge in [0.15, 0.2) is 0 Å². The Morgan fingerprint density at radius 2 is 1.71 bits per heavy atom. The summed E-state index contributed by atoms with van der Waals surface area (Å²) < 4.78 is 7.03. The lowest BCUT2D eigenvalue weighted by Gasteiger charge is -2.43. The number of hydrogen-bond acceptors (Lipinski definition) is 4. The number of ether oxygens (including phenoxy) is 1. The van der Waals surface area contributed by atoms with Crippen LogP contribution in [0.2, 0.25) is 0 Å². The van der Waals surface area contributed by atoms with Gasteiger partial charge in [0.2, 0.25) is 5.91 Å². The van der Waals surface area contributed by atoms with Crippen LogP contribution in [0.25, 0.3) is 11.3 Å². The van der Waals surface area contributed by atoms with Crippen molar-refractivity contribution < 1.29 is 14.3 Å². The molecule has 0 bridgehead atoms. The second-order valence-corrected chi connectivity index (χ2v) is 8.72. The van der Waals surface area contributed by atoms with Crippen molar-refractivity contribution in [2.75, 3.05) is 12.0 Å². The molecule has 2 amide bonds. The molecule has 0 aliphatic carbocycles. The monoisotopic (exact) mass is 466 g/mol. The highest BCUT2D eigenvalue weighted by Crippen LogP contribution is 2.35. The van der Waals surface area contributed by atoms with E-state index in [1.807, 2.05) is 78.9 Å². The predicted molar refractivity (Wildman–Crippen MR) is 134 cm³/mol. The minimum atomic E-state index is -1.22. The van der Waals surface area contributed by atoms with Crippen LogP contribution in [-0.2, 0) is 17.9 Å². The number of nitrogens with one attached hydrogen (secondary N) is 1. The quantitative estimate of drug-likeness (QED) is 0.460. The minimum absolute atomic E-state index is 0.207. The number of aromatic nitrogens is 2. The van der Waals surface area contributed by atoms with E-state index in [2.05, 4.69) is 5.32 Å². The molecule has 0 spiro atoms.